The van der Waals surface area contributed by atoms with Gasteiger partial charge < -0.3 is 9.80 Å². The average Bonchev–Trinajstić information content (AvgIpc) is 3.20. The summed E-state index contributed by atoms with van der Waals surface area (Å²) >= 11 is 7.96. The van der Waals surface area contributed by atoms with Crippen LogP contribution in [0.1, 0.15) is 16.9 Å². The van der Waals surface area contributed by atoms with Crippen molar-refractivity contribution in [3.63, 3.8) is 0 Å². The van der Waals surface area contributed by atoms with Crippen molar-refractivity contribution in [2.24, 2.45) is 5.92 Å². The van der Waals surface area contributed by atoms with Gasteiger partial charge in [-0.15, -0.1) is 11.3 Å². The molecule has 2 aromatic rings. The van der Waals surface area contributed by atoms with Crippen molar-refractivity contribution >= 4 is 40.4 Å². The molecule has 1 aromatic carbocycles. The van der Waals surface area contributed by atoms with Gasteiger partial charge in [0.2, 0.25) is 11.8 Å². The van der Waals surface area contributed by atoms with E-state index in [2.05, 4.69) is 11.4 Å². The summed E-state index contributed by atoms with van der Waals surface area (Å²) in [5, 5.41) is 2.62. The van der Waals surface area contributed by atoms with Gasteiger partial charge in [-0.25, -0.2) is 0 Å². The number of benzene rings is 1. The van der Waals surface area contributed by atoms with Crippen molar-refractivity contribution in [1.82, 2.24) is 4.90 Å². The Bertz CT molecular complexity index is 804. The van der Waals surface area contributed by atoms with Crippen molar-refractivity contribution in [1.29, 1.82) is 0 Å². The van der Waals surface area contributed by atoms with E-state index in [9.17, 15) is 9.59 Å². The molecule has 2 amide bonds. The lowest BCUT2D eigenvalue weighted by Crippen LogP contribution is -2.40. The molecular formula is C18H17ClN2O2S. The molecule has 0 saturated carbocycles. The van der Waals surface area contributed by atoms with Crippen molar-refractivity contribution < 1.29 is 9.59 Å². The van der Waals surface area contributed by atoms with Crippen LogP contribution in [0.25, 0.3) is 0 Å². The largest absolute Gasteiger partial charge is 0.338 e. The maximum Gasteiger partial charge on any atom is 0.228 e. The van der Waals surface area contributed by atoms with E-state index >= 15 is 0 Å². The van der Waals surface area contributed by atoms with E-state index in [0.29, 0.717) is 23.8 Å². The van der Waals surface area contributed by atoms with E-state index < -0.39 is 0 Å². The lowest BCUT2D eigenvalue weighted by Gasteiger charge is -2.29. The van der Waals surface area contributed by atoms with Gasteiger partial charge in [0.1, 0.15) is 0 Å². The number of nitrogens with zero attached hydrogens (tertiary/aromatic N) is 2. The van der Waals surface area contributed by atoms with Crippen LogP contribution < -0.4 is 4.90 Å². The molecule has 2 aliphatic rings. The second-order valence-corrected chi connectivity index (χ2v) is 7.64. The van der Waals surface area contributed by atoms with Crippen LogP contribution in [0.2, 0.25) is 5.02 Å². The molecule has 0 radical (unpaired) electrons. The molecule has 1 aromatic heterocycles. The van der Waals surface area contributed by atoms with Crippen molar-refractivity contribution in [3.8, 4) is 0 Å². The highest BCUT2D eigenvalue weighted by molar-refractivity contribution is 7.10. The Morgan fingerprint density at radius 2 is 2.08 bits per heavy atom. The Morgan fingerprint density at radius 1 is 1.25 bits per heavy atom. The first kappa shape index (κ1) is 15.7. The van der Waals surface area contributed by atoms with E-state index in [-0.39, 0.29) is 24.2 Å². The number of carbonyl (C=O) groups is 2. The van der Waals surface area contributed by atoms with Gasteiger partial charge in [0.25, 0.3) is 0 Å². The van der Waals surface area contributed by atoms with Gasteiger partial charge in [-0.3, -0.25) is 9.59 Å². The maximum absolute atomic E-state index is 12.9. The van der Waals surface area contributed by atoms with Crippen molar-refractivity contribution in [2.75, 3.05) is 18.0 Å². The molecule has 1 fully saturated rings. The molecule has 4 nitrogen and oxygen atoms in total. The van der Waals surface area contributed by atoms with Crippen LogP contribution in [0, 0.1) is 5.92 Å². The number of hydrogen-bond donors (Lipinski definition) is 0. The van der Waals surface area contributed by atoms with Gasteiger partial charge in [-0.2, -0.15) is 0 Å². The van der Waals surface area contributed by atoms with Crippen LogP contribution in [0.3, 0.4) is 0 Å². The molecule has 1 unspecified atom stereocenters. The third-order valence-electron chi connectivity index (χ3n) is 4.74. The number of rotatable bonds is 2. The van der Waals surface area contributed by atoms with Gasteiger partial charge in [0.15, 0.2) is 0 Å². The first-order valence-corrected chi connectivity index (χ1v) is 9.28. The Kier molecular flexibility index (Phi) is 4.06. The van der Waals surface area contributed by atoms with Crippen LogP contribution in [-0.4, -0.2) is 29.8 Å². The number of para-hydroxylation sites is 1. The highest BCUT2D eigenvalue weighted by Crippen LogP contribution is 2.32. The Balaban J connectivity index is 1.49. The Labute approximate surface area is 149 Å². The first-order chi connectivity index (χ1) is 11.6. The highest BCUT2D eigenvalue weighted by atomic mass is 35.5. The monoisotopic (exact) mass is 360 g/mol. The third kappa shape index (κ3) is 2.72. The molecule has 1 atom stereocenters. The second kappa shape index (κ2) is 6.22. The van der Waals surface area contributed by atoms with Crippen LogP contribution in [0.5, 0.6) is 0 Å². The Morgan fingerprint density at radius 3 is 2.92 bits per heavy atom. The van der Waals surface area contributed by atoms with E-state index in [0.717, 1.165) is 13.0 Å². The highest BCUT2D eigenvalue weighted by Gasteiger charge is 2.38. The topological polar surface area (TPSA) is 40.6 Å². The predicted molar refractivity (Wildman–Crippen MR) is 95.4 cm³/mol. The van der Waals surface area contributed by atoms with Crippen molar-refractivity contribution in [3.05, 3.63) is 51.2 Å². The average molecular weight is 361 g/mol. The first-order valence-electron chi connectivity index (χ1n) is 8.02. The summed E-state index contributed by atoms with van der Waals surface area (Å²) < 4.78 is 0. The van der Waals surface area contributed by atoms with Gasteiger partial charge in [0, 0.05) is 30.9 Å². The number of hydrogen-bond acceptors (Lipinski definition) is 3. The summed E-state index contributed by atoms with van der Waals surface area (Å²) in [6.45, 7) is 1.81. The van der Waals surface area contributed by atoms with Gasteiger partial charge >= 0.3 is 0 Å². The molecular weight excluding hydrogens is 344 g/mol. The van der Waals surface area contributed by atoms with E-state index in [4.69, 9.17) is 11.6 Å². The number of amides is 2. The minimum atomic E-state index is -0.283. The summed E-state index contributed by atoms with van der Waals surface area (Å²) in [5.41, 5.74) is 1.94. The zero-order valence-electron chi connectivity index (χ0n) is 13.1. The fraction of sp³-hybridized carbons (Fsp3) is 0.333. The van der Waals surface area contributed by atoms with E-state index in [1.54, 1.807) is 22.3 Å². The second-order valence-electron chi connectivity index (χ2n) is 6.24. The van der Waals surface area contributed by atoms with Gasteiger partial charge in [-0.1, -0.05) is 23.7 Å². The van der Waals surface area contributed by atoms with Gasteiger partial charge in [-0.05, 0) is 35.6 Å². The van der Waals surface area contributed by atoms with E-state index in [1.165, 1.54) is 10.4 Å². The number of thiophene rings is 1. The lowest BCUT2D eigenvalue weighted by atomic mass is 10.0. The molecule has 24 heavy (non-hydrogen) atoms. The number of halogens is 1. The summed E-state index contributed by atoms with van der Waals surface area (Å²) in [4.78, 5) is 30.1. The molecule has 0 N–H and O–H groups in total. The molecule has 4 rings (SSSR count). The molecule has 2 aliphatic heterocycles. The molecule has 0 spiro atoms. The summed E-state index contributed by atoms with van der Waals surface area (Å²) in [7, 11) is 0. The quantitative estimate of drug-likeness (QED) is 0.824. The molecule has 124 valence electrons. The fourth-order valence-electron chi connectivity index (χ4n) is 3.47. The SMILES string of the molecule is O=C(C1CC(=O)N(c2ccccc2Cl)C1)N1CCc2sccc2C1. The van der Waals surface area contributed by atoms with Gasteiger partial charge in [0.05, 0.1) is 16.6 Å². The van der Waals surface area contributed by atoms with Crippen LogP contribution in [0.15, 0.2) is 35.7 Å². The predicted octanol–water partition coefficient (Wildman–Crippen LogP) is 3.34. The molecule has 3 heterocycles. The lowest BCUT2D eigenvalue weighted by molar-refractivity contribution is -0.136. The summed E-state index contributed by atoms with van der Waals surface area (Å²) in [6.07, 6.45) is 1.17. The van der Waals surface area contributed by atoms with Crippen LogP contribution in [0.4, 0.5) is 5.69 Å². The minimum Gasteiger partial charge on any atom is -0.338 e. The zero-order valence-corrected chi connectivity index (χ0v) is 14.6. The summed E-state index contributed by atoms with van der Waals surface area (Å²) in [6, 6.07) is 9.37. The standard InChI is InChI=1S/C18H17ClN2O2S/c19-14-3-1-2-4-15(14)21-11-13(9-17(21)22)18(23)20-7-5-16-12(10-20)6-8-24-16/h1-4,6,8,13H,5,7,9-11H2. The zero-order chi connectivity index (χ0) is 16.7. The molecule has 0 aliphatic carbocycles. The normalized spacial score (nSPS) is 20.4. The van der Waals surface area contributed by atoms with Crippen LogP contribution in [-0.2, 0) is 22.6 Å². The third-order valence-corrected chi connectivity index (χ3v) is 6.08. The molecule has 1 saturated heterocycles. The smallest absolute Gasteiger partial charge is 0.228 e. The molecule has 0 bridgehead atoms. The minimum absolute atomic E-state index is 0.0327. The van der Waals surface area contributed by atoms with E-state index in [1.807, 2.05) is 23.1 Å². The number of anilines is 1. The van der Waals surface area contributed by atoms with Crippen molar-refractivity contribution in [2.45, 2.75) is 19.4 Å². The number of fused-ring (bicyclic) bond motifs is 1. The van der Waals surface area contributed by atoms with Crippen LogP contribution >= 0.6 is 22.9 Å². The Hall–Kier alpha value is -1.85. The fourth-order valence-corrected chi connectivity index (χ4v) is 4.60. The molecule has 6 heteroatoms. The summed E-state index contributed by atoms with van der Waals surface area (Å²) in [5.74, 6) is -0.238. The number of carbonyl (C=O) groups excluding carboxylic acids is 2. The maximum atomic E-state index is 12.9.